The van der Waals surface area contributed by atoms with Crippen LogP contribution in [0.4, 0.5) is 0 Å². The number of rotatable bonds is 6. The Balaban J connectivity index is 1.96. The second-order valence-electron chi connectivity index (χ2n) is 8.09. The molecular formula is C25H32N4O. The molecule has 4 rings (SSSR count). The topological polar surface area (TPSA) is 41.4 Å². The van der Waals surface area contributed by atoms with E-state index in [1.54, 1.807) is 0 Å². The number of fused-ring (bicyclic) bond motifs is 1. The summed E-state index contributed by atoms with van der Waals surface area (Å²) in [6.45, 7) is 11.9. The van der Waals surface area contributed by atoms with Crippen molar-refractivity contribution in [1.82, 2.24) is 19.4 Å². The Labute approximate surface area is 179 Å². The van der Waals surface area contributed by atoms with Crippen molar-refractivity contribution in [3.05, 3.63) is 70.8 Å². The normalized spacial score (nSPS) is 16.2. The Morgan fingerprint density at radius 1 is 0.867 bits per heavy atom. The number of piperazine rings is 1. The summed E-state index contributed by atoms with van der Waals surface area (Å²) in [7, 11) is 0. The standard InChI is InChI=1S/C25H32N4O/c1-4-25(5-2,28-18-16-27(6-3)17-19-28)24-26-22-15-11-10-14-21(22)23(30)29(24)20-12-8-7-9-13-20/h7-15H,4-6,16-19H2,1-3H3. The van der Waals surface area contributed by atoms with Crippen molar-refractivity contribution in [2.24, 2.45) is 0 Å². The van der Waals surface area contributed by atoms with Crippen LogP contribution in [0.15, 0.2) is 59.4 Å². The molecule has 158 valence electrons. The molecule has 2 aromatic carbocycles. The third kappa shape index (κ3) is 3.46. The molecule has 1 saturated heterocycles. The smallest absolute Gasteiger partial charge is 0.266 e. The Morgan fingerprint density at radius 2 is 1.50 bits per heavy atom. The maximum absolute atomic E-state index is 13.7. The minimum atomic E-state index is -0.279. The Hall–Kier alpha value is -2.50. The summed E-state index contributed by atoms with van der Waals surface area (Å²) >= 11 is 0. The molecule has 1 aliphatic rings. The predicted octanol–water partition coefficient (Wildman–Crippen LogP) is 4.04. The van der Waals surface area contributed by atoms with Crippen molar-refractivity contribution in [2.45, 2.75) is 39.2 Å². The van der Waals surface area contributed by atoms with Crippen LogP contribution in [0.2, 0.25) is 0 Å². The molecule has 0 saturated carbocycles. The zero-order valence-corrected chi connectivity index (χ0v) is 18.3. The summed E-state index contributed by atoms with van der Waals surface area (Å²) < 4.78 is 1.86. The van der Waals surface area contributed by atoms with Crippen molar-refractivity contribution in [2.75, 3.05) is 32.7 Å². The SMILES string of the molecule is CCN1CCN(C(CC)(CC)c2nc3ccccc3c(=O)n2-c2ccccc2)CC1. The first kappa shape index (κ1) is 20.8. The second kappa shape index (κ2) is 8.70. The highest BCUT2D eigenvalue weighted by atomic mass is 16.1. The lowest BCUT2D eigenvalue weighted by Crippen LogP contribution is -2.56. The third-order valence-corrected chi connectivity index (χ3v) is 6.80. The Bertz CT molecular complexity index is 1050. The van der Waals surface area contributed by atoms with E-state index in [2.05, 4.69) is 30.6 Å². The maximum atomic E-state index is 13.7. The zero-order chi connectivity index (χ0) is 21.1. The molecule has 1 aliphatic heterocycles. The van der Waals surface area contributed by atoms with Gasteiger partial charge < -0.3 is 4.90 Å². The summed E-state index contributed by atoms with van der Waals surface area (Å²) in [5.41, 5.74) is 1.40. The lowest BCUT2D eigenvalue weighted by molar-refractivity contribution is 0.0173. The van der Waals surface area contributed by atoms with Crippen LogP contribution >= 0.6 is 0 Å². The van der Waals surface area contributed by atoms with E-state index in [0.717, 1.165) is 62.6 Å². The predicted molar refractivity (Wildman–Crippen MR) is 123 cm³/mol. The summed E-state index contributed by atoms with van der Waals surface area (Å²) in [4.78, 5) is 23.9. The Kier molecular flexibility index (Phi) is 6.02. The fourth-order valence-corrected chi connectivity index (χ4v) is 4.91. The van der Waals surface area contributed by atoms with Crippen molar-refractivity contribution in [3.63, 3.8) is 0 Å². The van der Waals surface area contributed by atoms with Crippen molar-refractivity contribution in [3.8, 4) is 5.69 Å². The van der Waals surface area contributed by atoms with E-state index >= 15 is 0 Å². The van der Waals surface area contributed by atoms with Gasteiger partial charge in [0.15, 0.2) is 0 Å². The van der Waals surface area contributed by atoms with Crippen molar-refractivity contribution < 1.29 is 0 Å². The fourth-order valence-electron chi connectivity index (χ4n) is 4.91. The van der Waals surface area contributed by atoms with Gasteiger partial charge >= 0.3 is 0 Å². The maximum Gasteiger partial charge on any atom is 0.266 e. The van der Waals surface area contributed by atoms with Gasteiger partial charge in [-0.05, 0) is 43.7 Å². The lowest BCUT2D eigenvalue weighted by atomic mass is 9.87. The number of likely N-dealkylation sites (N-methyl/N-ethyl adjacent to an activating group) is 1. The first-order valence-electron chi connectivity index (χ1n) is 11.2. The monoisotopic (exact) mass is 404 g/mol. The van der Waals surface area contributed by atoms with E-state index in [0.29, 0.717) is 5.39 Å². The first-order valence-corrected chi connectivity index (χ1v) is 11.2. The number of hydrogen-bond donors (Lipinski definition) is 0. The van der Waals surface area contributed by atoms with Gasteiger partial charge in [-0.15, -0.1) is 0 Å². The van der Waals surface area contributed by atoms with Gasteiger partial charge in [-0.25, -0.2) is 4.98 Å². The summed E-state index contributed by atoms with van der Waals surface area (Å²) in [5, 5.41) is 0.669. The van der Waals surface area contributed by atoms with Crippen LogP contribution in [0.25, 0.3) is 16.6 Å². The highest BCUT2D eigenvalue weighted by Gasteiger charge is 2.41. The minimum absolute atomic E-state index is 0.0141. The molecular weight excluding hydrogens is 372 g/mol. The van der Waals surface area contributed by atoms with Crippen LogP contribution < -0.4 is 5.56 Å². The first-order chi connectivity index (χ1) is 14.6. The molecule has 0 atom stereocenters. The van der Waals surface area contributed by atoms with Crippen LogP contribution in [-0.2, 0) is 5.54 Å². The molecule has 3 aromatic rings. The highest BCUT2D eigenvalue weighted by molar-refractivity contribution is 5.78. The van der Waals surface area contributed by atoms with E-state index in [9.17, 15) is 4.79 Å². The largest absolute Gasteiger partial charge is 0.301 e. The fraction of sp³-hybridized carbons (Fsp3) is 0.440. The van der Waals surface area contributed by atoms with Gasteiger partial charge in [0.05, 0.1) is 22.1 Å². The van der Waals surface area contributed by atoms with Gasteiger partial charge in [-0.3, -0.25) is 14.3 Å². The molecule has 0 unspecified atom stereocenters. The van der Waals surface area contributed by atoms with E-state index in [4.69, 9.17) is 4.98 Å². The summed E-state index contributed by atoms with van der Waals surface area (Å²) in [5.74, 6) is 0.868. The van der Waals surface area contributed by atoms with E-state index in [-0.39, 0.29) is 11.1 Å². The van der Waals surface area contributed by atoms with Gasteiger partial charge in [0, 0.05) is 26.2 Å². The molecule has 5 nitrogen and oxygen atoms in total. The number of para-hydroxylation sites is 2. The van der Waals surface area contributed by atoms with Crippen LogP contribution in [0.5, 0.6) is 0 Å². The number of nitrogens with zero attached hydrogens (tertiary/aromatic N) is 4. The van der Waals surface area contributed by atoms with Gasteiger partial charge in [-0.1, -0.05) is 51.1 Å². The summed E-state index contributed by atoms with van der Waals surface area (Å²) in [6, 6.07) is 17.7. The van der Waals surface area contributed by atoms with Gasteiger partial charge in [0.25, 0.3) is 5.56 Å². The summed E-state index contributed by atoms with van der Waals surface area (Å²) in [6.07, 6.45) is 1.82. The number of aromatic nitrogens is 2. The number of hydrogen-bond acceptors (Lipinski definition) is 4. The molecule has 0 bridgehead atoms. The molecule has 0 amide bonds. The Morgan fingerprint density at radius 3 is 2.13 bits per heavy atom. The average molecular weight is 405 g/mol. The lowest BCUT2D eigenvalue weighted by Gasteiger charge is -2.47. The second-order valence-corrected chi connectivity index (χ2v) is 8.09. The van der Waals surface area contributed by atoms with Crippen LogP contribution in [0.3, 0.4) is 0 Å². The van der Waals surface area contributed by atoms with Gasteiger partial charge in [0.1, 0.15) is 5.82 Å². The minimum Gasteiger partial charge on any atom is -0.301 e. The molecule has 1 fully saturated rings. The molecule has 0 aliphatic carbocycles. The quantitative estimate of drug-likeness (QED) is 0.622. The van der Waals surface area contributed by atoms with Gasteiger partial charge in [-0.2, -0.15) is 0 Å². The van der Waals surface area contributed by atoms with E-state index in [1.807, 2.05) is 59.2 Å². The molecule has 0 N–H and O–H groups in total. The van der Waals surface area contributed by atoms with Crippen LogP contribution in [-0.4, -0.2) is 52.1 Å². The number of benzene rings is 2. The zero-order valence-electron chi connectivity index (χ0n) is 18.3. The molecule has 0 radical (unpaired) electrons. The molecule has 0 spiro atoms. The molecule has 5 heteroatoms. The average Bonchev–Trinajstić information content (AvgIpc) is 2.81. The molecule has 1 aromatic heterocycles. The van der Waals surface area contributed by atoms with Crippen LogP contribution in [0, 0.1) is 0 Å². The highest BCUT2D eigenvalue weighted by Crippen LogP contribution is 2.36. The third-order valence-electron chi connectivity index (χ3n) is 6.80. The van der Waals surface area contributed by atoms with E-state index < -0.39 is 0 Å². The van der Waals surface area contributed by atoms with Crippen molar-refractivity contribution in [1.29, 1.82) is 0 Å². The molecule has 30 heavy (non-hydrogen) atoms. The van der Waals surface area contributed by atoms with Gasteiger partial charge in [0.2, 0.25) is 0 Å². The molecule has 2 heterocycles. The van der Waals surface area contributed by atoms with E-state index in [1.165, 1.54) is 0 Å². The van der Waals surface area contributed by atoms with Crippen LogP contribution in [0.1, 0.15) is 39.4 Å². The van der Waals surface area contributed by atoms with Crippen molar-refractivity contribution >= 4 is 10.9 Å².